The molecule has 12 heteroatoms. The van der Waals surface area contributed by atoms with E-state index < -0.39 is 27.1 Å². The van der Waals surface area contributed by atoms with E-state index in [9.17, 15) is 29.8 Å². The number of carbonyl (C=O) groups excluding carboxylic acids is 2. The lowest BCUT2D eigenvalue weighted by Gasteiger charge is -2.07. The molecule has 0 spiro atoms. The molecule has 0 atom stereocenters. The minimum absolute atomic E-state index is 0.0208. The average molecular weight is 491 g/mol. The predicted octanol–water partition coefficient (Wildman–Crippen LogP) is 4.47. The van der Waals surface area contributed by atoms with E-state index in [-0.39, 0.29) is 30.2 Å². The van der Waals surface area contributed by atoms with Crippen molar-refractivity contribution in [1.82, 2.24) is 5.43 Å². The summed E-state index contributed by atoms with van der Waals surface area (Å²) in [5, 5.41) is 28.7. The first kappa shape index (κ1) is 25.5. The molecule has 0 aliphatic rings. The van der Waals surface area contributed by atoms with Gasteiger partial charge in [0.25, 0.3) is 5.69 Å². The van der Waals surface area contributed by atoms with Crippen molar-refractivity contribution in [2.45, 2.75) is 19.8 Å². The highest BCUT2D eigenvalue weighted by atomic mass is 16.6. The molecule has 0 unspecified atom stereocenters. The summed E-state index contributed by atoms with van der Waals surface area (Å²) in [5.74, 6) is -0.708. The lowest BCUT2D eigenvalue weighted by Crippen LogP contribution is -2.20. The van der Waals surface area contributed by atoms with Gasteiger partial charge in [0.05, 0.1) is 22.1 Å². The summed E-state index contributed by atoms with van der Waals surface area (Å²) in [4.78, 5) is 44.7. The molecule has 12 nitrogen and oxygen atoms in total. The number of nitro groups is 2. The molecule has 0 fully saturated rings. The average Bonchev–Trinajstić information content (AvgIpc) is 2.84. The molecule has 2 N–H and O–H groups in total. The van der Waals surface area contributed by atoms with Crippen LogP contribution in [0.2, 0.25) is 0 Å². The minimum Gasteiger partial charge on any atom is -0.450 e. The molecular formula is C24H21N5O7. The van der Waals surface area contributed by atoms with Gasteiger partial charge in [0, 0.05) is 24.6 Å². The van der Waals surface area contributed by atoms with Gasteiger partial charge in [-0.05, 0) is 42.3 Å². The van der Waals surface area contributed by atoms with E-state index in [2.05, 4.69) is 15.8 Å². The van der Waals surface area contributed by atoms with Crippen molar-refractivity contribution in [2.24, 2.45) is 5.10 Å². The van der Waals surface area contributed by atoms with Crippen LogP contribution < -0.4 is 15.5 Å². The van der Waals surface area contributed by atoms with E-state index in [1.807, 2.05) is 19.1 Å². The third-order valence-electron chi connectivity index (χ3n) is 4.84. The number of carbonyl (C=O) groups is 2. The molecule has 0 aliphatic heterocycles. The van der Waals surface area contributed by atoms with Gasteiger partial charge in [0.15, 0.2) is 0 Å². The highest BCUT2D eigenvalue weighted by Gasteiger charge is 2.21. The van der Waals surface area contributed by atoms with Gasteiger partial charge < -0.3 is 10.1 Å². The number of hydrogen-bond acceptors (Lipinski definition) is 8. The van der Waals surface area contributed by atoms with Crippen LogP contribution in [0.4, 0.5) is 17.1 Å². The maximum absolute atomic E-state index is 12.1. The normalized spacial score (nSPS) is 10.6. The molecule has 0 saturated heterocycles. The van der Waals surface area contributed by atoms with Crippen LogP contribution in [0.15, 0.2) is 71.8 Å². The molecule has 36 heavy (non-hydrogen) atoms. The van der Waals surface area contributed by atoms with Gasteiger partial charge in [-0.3, -0.25) is 29.8 Å². The van der Waals surface area contributed by atoms with E-state index in [1.165, 1.54) is 18.3 Å². The minimum atomic E-state index is -0.773. The second-order valence-corrected chi connectivity index (χ2v) is 7.50. The zero-order chi connectivity index (χ0) is 26.1. The zero-order valence-electron chi connectivity index (χ0n) is 19.0. The number of aryl methyl sites for hydroxylation is 1. The van der Waals surface area contributed by atoms with Crippen molar-refractivity contribution in [2.75, 3.05) is 5.32 Å². The van der Waals surface area contributed by atoms with Crippen molar-refractivity contribution in [3.8, 4) is 11.5 Å². The largest absolute Gasteiger partial charge is 0.450 e. The Kier molecular flexibility index (Phi) is 8.38. The van der Waals surface area contributed by atoms with Crippen molar-refractivity contribution in [1.29, 1.82) is 0 Å². The number of non-ortho nitro benzene ring substituents is 1. The van der Waals surface area contributed by atoms with E-state index in [4.69, 9.17) is 4.74 Å². The lowest BCUT2D eigenvalue weighted by molar-refractivity contribution is -0.394. The molecule has 0 aromatic heterocycles. The van der Waals surface area contributed by atoms with Crippen molar-refractivity contribution >= 4 is 35.1 Å². The number of nitrogens with zero attached hydrogens (tertiary/aromatic N) is 3. The summed E-state index contributed by atoms with van der Waals surface area (Å²) >= 11 is 0. The van der Waals surface area contributed by atoms with Crippen molar-refractivity contribution in [3.05, 3.63) is 98.1 Å². The number of nitro benzene ring substituents is 2. The highest BCUT2D eigenvalue weighted by Crippen LogP contribution is 2.34. The molecular weight excluding hydrogens is 470 g/mol. The number of ether oxygens (including phenoxy) is 1. The number of rotatable bonds is 10. The molecule has 0 radical (unpaired) electrons. The van der Waals surface area contributed by atoms with Gasteiger partial charge >= 0.3 is 5.69 Å². The quantitative estimate of drug-likeness (QED) is 0.240. The Labute approximate surface area is 204 Å². The SMILES string of the molecule is Cc1ccccc1NC(=O)CCC(=O)NN=Cc1cccc(Oc2ccc([N+](=O)[O-])cc2[N+](=O)[O-])c1. The van der Waals surface area contributed by atoms with Crippen LogP contribution in [-0.4, -0.2) is 27.9 Å². The molecule has 3 aromatic carbocycles. The first-order valence-electron chi connectivity index (χ1n) is 10.6. The summed E-state index contributed by atoms with van der Waals surface area (Å²) in [5.41, 5.74) is 3.45. The fourth-order valence-corrected chi connectivity index (χ4v) is 3.02. The molecule has 3 aromatic rings. The molecule has 0 aliphatic carbocycles. The fourth-order valence-electron chi connectivity index (χ4n) is 3.02. The maximum atomic E-state index is 12.1. The number of amides is 2. The highest BCUT2D eigenvalue weighted by molar-refractivity contribution is 5.94. The van der Waals surface area contributed by atoms with Gasteiger partial charge in [0.2, 0.25) is 17.6 Å². The molecule has 0 heterocycles. The number of benzene rings is 3. The summed E-state index contributed by atoms with van der Waals surface area (Å²) in [6.45, 7) is 1.87. The number of hydrogen-bond donors (Lipinski definition) is 2. The van der Waals surface area contributed by atoms with Crippen LogP contribution in [0, 0.1) is 27.2 Å². The summed E-state index contributed by atoms with van der Waals surface area (Å²) in [6.07, 6.45) is 1.25. The zero-order valence-corrected chi connectivity index (χ0v) is 19.0. The number of nitrogens with one attached hydrogen (secondary N) is 2. The Bertz CT molecular complexity index is 1340. The van der Waals surface area contributed by atoms with Gasteiger partial charge in [-0.2, -0.15) is 5.10 Å². The topological polar surface area (TPSA) is 166 Å². The second-order valence-electron chi connectivity index (χ2n) is 7.50. The Morgan fingerprint density at radius 1 is 0.944 bits per heavy atom. The Morgan fingerprint density at radius 3 is 2.42 bits per heavy atom. The van der Waals surface area contributed by atoms with Crippen LogP contribution in [0.5, 0.6) is 11.5 Å². The smallest absolute Gasteiger partial charge is 0.318 e. The van der Waals surface area contributed by atoms with Crippen molar-refractivity contribution < 1.29 is 24.2 Å². The van der Waals surface area contributed by atoms with E-state index in [0.29, 0.717) is 11.3 Å². The molecule has 0 saturated carbocycles. The predicted molar refractivity (Wildman–Crippen MR) is 131 cm³/mol. The first-order chi connectivity index (χ1) is 17.2. The Hall–Kier alpha value is -5.13. The van der Waals surface area contributed by atoms with E-state index in [1.54, 1.807) is 24.3 Å². The third kappa shape index (κ3) is 7.18. The standard InChI is InChI=1S/C24H21N5O7/c1-16-5-2-3-8-20(16)26-23(30)11-12-24(31)27-25-15-17-6-4-7-19(13-17)36-22-10-9-18(28(32)33)14-21(22)29(34)35/h2-10,13-15H,11-12H2,1H3,(H,26,30)(H,27,31). The second kappa shape index (κ2) is 11.8. The Morgan fingerprint density at radius 2 is 1.69 bits per heavy atom. The van der Waals surface area contributed by atoms with Crippen LogP contribution in [0.3, 0.4) is 0 Å². The van der Waals surface area contributed by atoms with Crippen LogP contribution in [0.25, 0.3) is 0 Å². The first-order valence-corrected chi connectivity index (χ1v) is 10.6. The van der Waals surface area contributed by atoms with Crippen LogP contribution in [-0.2, 0) is 9.59 Å². The third-order valence-corrected chi connectivity index (χ3v) is 4.84. The summed E-state index contributed by atoms with van der Waals surface area (Å²) in [7, 11) is 0. The van der Waals surface area contributed by atoms with Crippen molar-refractivity contribution in [3.63, 3.8) is 0 Å². The van der Waals surface area contributed by atoms with Gasteiger partial charge in [-0.15, -0.1) is 0 Å². The monoisotopic (exact) mass is 491 g/mol. The molecule has 0 bridgehead atoms. The number of para-hydroxylation sites is 1. The fraction of sp³-hybridized carbons (Fsp3) is 0.125. The van der Waals surface area contributed by atoms with Crippen LogP contribution in [0.1, 0.15) is 24.0 Å². The summed E-state index contributed by atoms with van der Waals surface area (Å²) < 4.78 is 5.54. The van der Waals surface area contributed by atoms with E-state index >= 15 is 0 Å². The lowest BCUT2D eigenvalue weighted by atomic mass is 10.2. The molecule has 3 rings (SSSR count). The number of anilines is 1. The Balaban J connectivity index is 1.55. The molecule has 184 valence electrons. The van der Waals surface area contributed by atoms with Gasteiger partial charge in [-0.1, -0.05) is 30.3 Å². The number of hydrazone groups is 1. The molecule has 2 amide bonds. The van der Waals surface area contributed by atoms with Gasteiger partial charge in [-0.25, -0.2) is 5.43 Å². The van der Waals surface area contributed by atoms with E-state index in [0.717, 1.165) is 23.8 Å². The maximum Gasteiger partial charge on any atom is 0.318 e. The summed E-state index contributed by atoms with van der Waals surface area (Å²) in [6, 6.07) is 16.7. The van der Waals surface area contributed by atoms with Gasteiger partial charge in [0.1, 0.15) is 5.75 Å². The van der Waals surface area contributed by atoms with Crippen LogP contribution >= 0.6 is 0 Å².